The van der Waals surface area contributed by atoms with Crippen LogP contribution in [0.2, 0.25) is 0 Å². The topological polar surface area (TPSA) is 66.4 Å². The quantitative estimate of drug-likeness (QED) is 0.834. The molecule has 0 bridgehead atoms. The molecule has 1 saturated carbocycles. The number of carbonyl (C=O) groups is 2. The summed E-state index contributed by atoms with van der Waals surface area (Å²) in [4.78, 5) is 23.7. The number of amides is 1. The zero-order valence-corrected chi connectivity index (χ0v) is 14.4. The maximum absolute atomic E-state index is 12.9. The van der Waals surface area contributed by atoms with Gasteiger partial charge in [0.1, 0.15) is 0 Å². The second-order valence-electron chi connectivity index (χ2n) is 6.13. The number of carboxylic acids is 1. The number of hydrogen-bond donors (Lipinski definition) is 2. The van der Waals surface area contributed by atoms with E-state index in [-0.39, 0.29) is 18.4 Å². The zero-order valence-electron chi connectivity index (χ0n) is 12.8. The SMILES string of the molecule is CC(CC(=O)O)NC(=O)C1(c2cccc(Br)c2)CCCCC1. The van der Waals surface area contributed by atoms with Crippen molar-refractivity contribution in [1.82, 2.24) is 5.32 Å². The molecule has 1 unspecified atom stereocenters. The van der Waals surface area contributed by atoms with Gasteiger partial charge in [0.05, 0.1) is 11.8 Å². The summed E-state index contributed by atoms with van der Waals surface area (Å²) in [7, 11) is 0. The van der Waals surface area contributed by atoms with Gasteiger partial charge in [-0.1, -0.05) is 47.3 Å². The molecule has 2 N–H and O–H groups in total. The van der Waals surface area contributed by atoms with E-state index in [4.69, 9.17) is 5.11 Å². The predicted octanol–water partition coefficient (Wildman–Crippen LogP) is 3.63. The lowest BCUT2D eigenvalue weighted by Gasteiger charge is -2.37. The molecule has 2 rings (SSSR count). The van der Waals surface area contributed by atoms with Crippen molar-refractivity contribution in [1.29, 1.82) is 0 Å². The fourth-order valence-electron chi connectivity index (χ4n) is 3.26. The van der Waals surface area contributed by atoms with Gasteiger partial charge in [-0.25, -0.2) is 0 Å². The monoisotopic (exact) mass is 367 g/mol. The average molecular weight is 368 g/mol. The molecule has 1 amide bonds. The van der Waals surface area contributed by atoms with E-state index in [1.54, 1.807) is 6.92 Å². The van der Waals surface area contributed by atoms with E-state index in [0.717, 1.165) is 42.1 Å². The minimum atomic E-state index is -0.895. The van der Waals surface area contributed by atoms with Crippen LogP contribution in [-0.2, 0) is 15.0 Å². The van der Waals surface area contributed by atoms with Gasteiger partial charge in [-0.05, 0) is 37.5 Å². The Labute approximate surface area is 139 Å². The molecule has 1 aliphatic carbocycles. The van der Waals surface area contributed by atoms with Crippen molar-refractivity contribution in [2.24, 2.45) is 0 Å². The third-order valence-corrected chi connectivity index (χ3v) is 4.87. The van der Waals surface area contributed by atoms with Gasteiger partial charge in [0.15, 0.2) is 0 Å². The van der Waals surface area contributed by atoms with Crippen LogP contribution in [0.1, 0.15) is 51.0 Å². The molecule has 4 nitrogen and oxygen atoms in total. The Bertz CT molecular complexity index is 553. The zero-order chi connectivity index (χ0) is 16.2. The molecule has 22 heavy (non-hydrogen) atoms. The van der Waals surface area contributed by atoms with Crippen molar-refractivity contribution in [2.75, 3.05) is 0 Å². The fourth-order valence-corrected chi connectivity index (χ4v) is 3.66. The summed E-state index contributed by atoms with van der Waals surface area (Å²) in [5, 5.41) is 11.8. The molecule has 0 saturated heterocycles. The molecule has 0 heterocycles. The summed E-state index contributed by atoms with van der Waals surface area (Å²) >= 11 is 3.48. The van der Waals surface area contributed by atoms with Crippen LogP contribution in [0.25, 0.3) is 0 Å². The van der Waals surface area contributed by atoms with Gasteiger partial charge in [-0.15, -0.1) is 0 Å². The fraction of sp³-hybridized carbons (Fsp3) is 0.529. The van der Waals surface area contributed by atoms with E-state index in [0.29, 0.717) is 0 Å². The molecule has 0 spiro atoms. The lowest BCUT2D eigenvalue weighted by Crippen LogP contribution is -2.49. The van der Waals surface area contributed by atoms with Crippen LogP contribution in [0.15, 0.2) is 28.7 Å². The van der Waals surface area contributed by atoms with Gasteiger partial charge in [0, 0.05) is 10.5 Å². The van der Waals surface area contributed by atoms with Crippen LogP contribution in [0, 0.1) is 0 Å². The molecule has 0 radical (unpaired) electrons. The largest absolute Gasteiger partial charge is 0.481 e. The molecule has 0 aromatic heterocycles. The van der Waals surface area contributed by atoms with E-state index in [1.165, 1.54) is 0 Å². The van der Waals surface area contributed by atoms with Crippen LogP contribution in [-0.4, -0.2) is 23.0 Å². The first-order chi connectivity index (χ1) is 10.4. The van der Waals surface area contributed by atoms with Gasteiger partial charge in [-0.2, -0.15) is 0 Å². The molecule has 1 aromatic carbocycles. The highest BCUT2D eigenvalue weighted by Gasteiger charge is 2.41. The Morgan fingerprint density at radius 2 is 2.00 bits per heavy atom. The third-order valence-electron chi connectivity index (χ3n) is 4.38. The van der Waals surface area contributed by atoms with Gasteiger partial charge < -0.3 is 10.4 Å². The van der Waals surface area contributed by atoms with Gasteiger partial charge in [0.25, 0.3) is 0 Å². The first-order valence-corrected chi connectivity index (χ1v) is 8.52. The highest BCUT2D eigenvalue weighted by molar-refractivity contribution is 9.10. The highest BCUT2D eigenvalue weighted by atomic mass is 79.9. The summed E-state index contributed by atoms with van der Waals surface area (Å²) < 4.78 is 0.960. The Morgan fingerprint density at radius 1 is 1.32 bits per heavy atom. The molecule has 5 heteroatoms. The van der Waals surface area contributed by atoms with E-state index in [9.17, 15) is 9.59 Å². The van der Waals surface area contributed by atoms with Crippen molar-refractivity contribution in [3.63, 3.8) is 0 Å². The maximum atomic E-state index is 12.9. The van der Waals surface area contributed by atoms with E-state index in [1.807, 2.05) is 24.3 Å². The molecule has 120 valence electrons. The number of benzene rings is 1. The molecular weight excluding hydrogens is 346 g/mol. The van der Waals surface area contributed by atoms with Crippen LogP contribution in [0.4, 0.5) is 0 Å². The van der Waals surface area contributed by atoms with E-state index < -0.39 is 11.4 Å². The van der Waals surface area contributed by atoms with Crippen LogP contribution in [0.5, 0.6) is 0 Å². The van der Waals surface area contributed by atoms with Crippen molar-refractivity contribution < 1.29 is 14.7 Å². The minimum absolute atomic E-state index is 0.0425. The number of rotatable bonds is 5. The summed E-state index contributed by atoms with van der Waals surface area (Å²) in [6, 6.07) is 7.54. The summed E-state index contributed by atoms with van der Waals surface area (Å²) in [5.74, 6) is -0.938. The summed E-state index contributed by atoms with van der Waals surface area (Å²) in [6.07, 6.45) is 4.76. The van der Waals surface area contributed by atoms with Crippen molar-refractivity contribution in [2.45, 2.75) is 56.9 Å². The Morgan fingerprint density at radius 3 is 2.59 bits per heavy atom. The Kier molecular flexibility index (Phi) is 5.62. The van der Waals surface area contributed by atoms with Crippen LogP contribution < -0.4 is 5.32 Å². The predicted molar refractivity (Wildman–Crippen MR) is 88.8 cm³/mol. The molecule has 1 fully saturated rings. The Balaban J connectivity index is 2.25. The molecule has 1 aliphatic rings. The molecule has 1 atom stereocenters. The number of halogens is 1. The molecular formula is C17H22BrNO3. The first-order valence-electron chi connectivity index (χ1n) is 7.73. The van der Waals surface area contributed by atoms with Gasteiger partial charge >= 0.3 is 5.97 Å². The minimum Gasteiger partial charge on any atom is -0.481 e. The van der Waals surface area contributed by atoms with Crippen LogP contribution >= 0.6 is 15.9 Å². The number of carbonyl (C=O) groups excluding carboxylic acids is 1. The number of nitrogens with one attached hydrogen (secondary N) is 1. The second-order valence-corrected chi connectivity index (χ2v) is 7.04. The average Bonchev–Trinajstić information content (AvgIpc) is 2.47. The van der Waals surface area contributed by atoms with Crippen molar-refractivity contribution in [3.8, 4) is 0 Å². The van der Waals surface area contributed by atoms with Crippen molar-refractivity contribution in [3.05, 3.63) is 34.3 Å². The first kappa shape index (κ1) is 17.0. The summed E-state index contributed by atoms with van der Waals surface area (Å²) in [5.41, 5.74) is 0.482. The third kappa shape index (κ3) is 3.88. The van der Waals surface area contributed by atoms with Crippen molar-refractivity contribution >= 4 is 27.8 Å². The van der Waals surface area contributed by atoms with Gasteiger partial charge in [-0.3, -0.25) is 9.59 Å². The Hall–Kier alpha value is -1.36. The van der Waals surface area contributed by atoms with Gasteiger partial charge in [0.2, 0.25) is 5.91 Å². The smallest absolute Gasteiger partial charge is 0.305 e. The standard InChI is InChI=1S/C17H22BrNO3/c1-12(10-15(20)21)19-16(22)17(8-3-2-4-9-17)13-6-5-7-14(18)11-13/h5-7,11-12H,2-4,8-10H2,1H3,(H,19,22)(H,20,21). The lowest BCUT2D eigenvalue weighted by atomic mass is 9.68. The second kappa shape index (κ2) is 7.27. The number of carboxylic acid groups (broad SMARTS) is 1. The highest BCUT2D eigenvalue weighted by Crippen LogP contribution is 2.40. The maximum Gasteiger partial charge on any atom is 0.305 e. The molecule has 0 aliphatic heterocycles. The molecule has 1 aromatic rings. The van der Waals surface area contributed by atoms with E-state index in [2.05, 4.69) is 21.2 Å². The normalized spacial score (nSPS) is 18.5. The number of hydrogen-bond acceptors (Lipinski definition) is 2. The van der Waals surface area contributed by atoms with E-state index >= 15 is 0 Å². The van der Waals surface area contributed by atoms with Crippen LogP contribution in [0.3, 0.4) is 0 Å². The summed E-state index contributed by atoms with van der Waals surface area (Å²) in [6.45, 7) is 1.74. The lowest BCUT2D eigenvalue weighted by molar-refractivity contribution is -0.137. The number of aliphatic carboxylic acids is 1.